The number of hydrogen-bond donors (Lipinski definition) is 0. The summed E-state index contributed by atoms with van der Waals surface area (Å²) in [6.45, 7) is 4.42. The summed E-state index contributed by atoms with van der Waals surface area (Å²) < 4.78 is 2.00. The first kappa shape index (κ1) is 11.4. The van der Waals surface area contributed by atoms with Crippen LogP contribution in [0.3, 0.4) is 0 Å². The summed E-state index contributed by atoms with van der Waals surface area (Å²) in [5, 5.41) is 7.66. The van der Waals surface area contributed by atoms with Gasteiger partial charge < -0.3 is 4.57 Å². The van der Waals surface area contributed by atoms with Gasteiger partial charge in [0.2, 0.25) is 0 Å². The van der Waals surface area contributed by atoms with Crippen molar-refractivity contribution in [3.05, 3.63) is 48.0 Å². The van der Waals surface area contributed by atoms with Crippen LogP contribution in [-0.4, -0.2) is 32.8 Å². The Hall–Kier alpha value is -1.68. The monoisotopic (exact) mass is 242 g/mol. The maximum absolute atomic E-state index is 3.83. The van der Waals surface area contributed by atoms with E-state index < -0.39 is 0 Å². The van der Waals surface area contributed by atoms with Crippen LogP contribution in [0.5, 0.6) is 0 Å². The molecule has 18 heavy (non-hydrogen) atoms. The van der Waals surface area contributed by atoms with E-state index in [9.17, 15) is 0 Å². The molecule has 2 heterocycles. The Morgan fingerprint density at radius 1 is 0.944 bits per heavy atom. The SMILES string of the molecule is c1cc(CN2CCCC2)cc(Cn2cnnc2)c1. The smallest absolute Gasteiger partial charge is 0.119 e. The third kappa shape index (κ3) is 2.76. The molecule has 2 aromatic rings. The Morgan fingerprint density at radius 3 is 2.33 bits per heavy atom. The fourth-order valence-electron chi connectivity index (χ4n) is 2.54. The zero-order chi connectivity index (χ0) is 12.2. The van der Waals surface area contributed by atoms with Crippen molar-refractivity contribution in [3.8, 4) is 0 Å². The summed E-state index contributed by atoms with van der Waals surface area (Å²) in [6, 6.07) is 8.81. The van der Waals surface area contributed by atoms with E-state index in [4.69, 9.17) is 0 Å². The molecule has 1 fully saturated rings. The van der Waals surface area contributed by atoms with E-state index in [2.05, 4.69) is 39.4 Å². The fraction of sp³-hybridized carbons (Fsp3) is 0.429. The lowest BCUT2D eigenvalue weighted by Crippen LogP contribution is -2.18. The van der Waals surface area contributed by atoms with Crippen molar-refractivity contribution < 1.29 is 0 Å². The Morgan fingerprint density at radius 2 is 1.61 bits per heavy atom. The average molecular weight is 242 g/mol. The Kier molecular flexibility index (Phi) is 3.37. The predicted octanol–water partition coefficient (Wildman–Crippen LogP) is 1.92. The van der Waals surface area contributed by atoms with Gasteiger partial charge in [0.15, 0.2) is 0 Å². The molecule has 1 saturated heterocycles. The molecule has 94 valence electrons. The van der Waals surface area contributed by atoms with Gasteiger partial charge in [-0.25, -0.2) is 0 Å². The molecule has 1 aliphatic heterocycles. The lowest BCUT2D eigenvalue weighted by atomic mass is 10.1. The first-order valence-electron chi connectivity index (χ1n) is 6.53. The number of hydrogen-bond acceptors (Lipinski definition) is 3. The maximum atomic E-state index is 3.83. The molecule has 0 aliphatic carbocycles. The lowest BCUT2D eigenvalue weighted by Gasteiger charge is -2.15. The topological polar surface area (TPSA) is 34.0 Å². The summed E-state index contributed by atoms with van der Waals surface area (Å²) in [7, 11) is 0. The molecule has 0 N–H and O–H groups in total. The highest BCUT2D eigenvalue weighted by atomic mass is 15.2. The second-order valence-corrected chi connectivity index (χ2v) is 4.94. The Labute approximate surface area is 107 Å². The quantitative estimate of drug-likeness (QED) is 0.821. The third-order valence-corrected chi connectivity index (χ3v) is 3.43. The molecule has 3 rings (SSSR count). The summed E-state index contributed by atoms with van der Waals surface area (Å²) in [6.07, 6.45) is 6.21. The molecule has 0 radical (unpaired) electrons. The molecule has 1 aromatic carbocycles. The zero-order valence-corrected chi connectivity index (χ0v) is 10.5. The molecular formula is C14H18N4. The molecule has 0 bridgehead atoms. The van der Waals surface area contributed by atoms with Gasteiger partial charge in [-0.2, -0.15) is 0 Å². The van der Waals surface area contributed by atoms with E-state index in [1.165, 1.54) is 37.1 Å². The standard InChI is InChI=1S/C14H18N4/c1-2-7-17(6-1)9-13-4-3-5-14(8-13)10-18-11-15-16-12-18/h3-5,8,11-12H,1-2,6-7,9-10H2. The van der Waals surface area contributed by atoms with E-state index >= 15 is 0 Å². The van der Waals surface area contributed by atoms with Crippen LogP contribution in [0.1, 0.15) is 24.0 Å². The Bertz CT molecular complexity index is 486. The van der Waals surface area contributed by atoms with Crippen molar-refractivity contribution in [2.75, 3.05) is 13.1 Å². The summed E-state index contributed by atoms with van der Waals surface area (Å²) >= 11 is 0. The molecule has 0 atom stereocenters. The van der Waals surface area contributed by atoms with Crippen LogP contribution < -0.4 is 0 Å². The molecule has 4 heteroatoms. The van der Waals surface area contributed by atoms with Crippen LogP contribution in [0.2, 0.25) is 0 Å². The van der Waals surface area contributed by atoms with E-state index in [-0.39, 0.29) is 0 Å². The van der Waals surface area contributed by atoms with Gasteiger partial charge in [-0.15, -0.1) is 10.2 Å². The molecule has 0 spiro atoms. The van der Waals surface area contributed by atoms with Crippen LogP contribution in [0.4, 0.5) is 0 Å². The third-order valence-electron chi connectivity index (χ3n) is 3.43. The van der Waals surface area contributed by atoms with Gasteiger partial charge in [0.05, 0.1) is 6.54 Å². The Balaban J connectivity index is 1.68. The second-order valence-electron chi connectivity index (χ2n) is 4.94. The second kappa shape index (κ2) is 5.31. The highest BCUT2D eigenvalue weighted by Crippen LogP contribution is 2.14. The number of rotatable bonds is 4. The van der Waals surface area contributed by atoms with E-state index in [0.29, 0.717) is 0 Å². The largest absolute Gasteiger partial charge is 0.316 e. The van der Waals surface area contributed by atoms with Crippen LogP contribution in [-0.2, 0) is 13.1 Å². The molecule has 0 unspecified atom stereocenters. The van der Waals surface area contributed by atoms with Gasteiger partial charge in [0.25, 0.3) is 0 Å². The minimum Gasteiger partial charge on any atom is -0.316 e. The first-order chi connectivity index (χ1) is 8.90. The molecule has 1 aliphatic rings. The van der Waals surface area contributed by atoms with Crippen LogP contribution >= 0.6 is 0 Å². The van der Waals surface area contributed by atoms with Gasteiger partial charge in [-0.1, -0.05) is 24.3 Å². The predicted molar refractivity (Wildman–Crippen MR) is 70.1 cm³/mol. The van der Waals surface area contributed by atoms with Crippen molar-refractivity contribution >= 4 is 0 Å². The molecule has 0 amide bonds. The number of benzene rings is 1. The summed E-state index contributed by atoms with van der Waals surface area (Å²) in [5.74, 6) is 0. The maximum Gasteiger partial charge on any atom is 0.119 e. The van der Waals surface area contributed by atoms with Gasteiger partial charge in [0, 0.05) is 6.54 Å². The summed E-state index contributed by atoms with van der Waals surface area (Å²) in [5.41, 5.74) is 2.72. The first-order valence-corrected chi connectivity index (χ1v) is 6.53. The van der Waals surface area contributed by atoms with Crippen molar-refractivity contribution in [1.29, 1.82) is 0 Å². The number of aromatic nitrogens is 3. The van der Waals surface area contributed by atoms with Crippen molar-refractivity contribution in [2.45, 2.75) is 25.9 Å². The minimum absolute atomic E-state index is 0.848. The van der Waals surface area contributed by atoms with Crippen LogP contribution in [0.25, 0.3) is 0 Å². The number of likely N-dealkylation sites (tertiary alicyclic amines) is 1. The van der Waals surface area contributed by atoms with Gasteiger partial charge in [-0.3, -0.25) is 4.90 Å². The van der Waals surface area contributed by atoms with Gasteiger partial charge >= 0.3 is 0 Å². The normalized spacial score (nSPS) is 16.2. The van der Waals surface area contributed by atoms with E-state index in [1.54, 1.807) is 12.7 Å². The number of nitrogens with zero attached hydrogens (tertiary/aromatic N) is 4. The highest BCUT2D eigenvalue weighted by Gasteiger charge is 2.11. The fourth-order valence-corrected chi connectivity index (χ4v) is 2.54. The molecule has 4 nitrogen and oxygen atoms in total. The van der Waals surface area contributed by atoms with Crippen LogP contribution in [0, 0.1) is 0 Å². The molecule has 1 aromatic heterocycles. The van der Waals surface area contributed by atoms with E-state index in [1.807, 2.05) is 4.57 Å². The lowest BCUT2D eigenvalue weighted by molar-refractivity contribution is 0.331. The van der Waals surface area contributed by atoms with Crippen LogP contribution in [0.15, 0.2) is 36.9 Å². The molecular weight excluding hydrogens is 224 g/mol. The highest BCUT2D eigenvalue weighted by molar-refractivity contribution is 5.23. The molecule has 0 saturated carbocycles. The van der Waals surface area contributed by atoms with Crippen molar-refractivity contribution in [1.82, 2.24) is 19.7 Å². The van der Waals surface area contributed by atoms with Gasteiger partial charge in [-0.05, 0) is 37.1 Å². The van der Waals surface area contributed by atoms with Crippen molar-refractivity contribution in [2.24, 2.45) is 0 Å². The van der Waals surface area contributed by atoms with Gasteiger partial charge in [0.1, 0.15) is 12.7 Å². The summed E-state index contributed by atoms with van der Waals surface area (Å²) in [4.78, 5) is 2.53. The van der Waals surface area contributed by atoms with E-state index in [0.717, 1.165) is 13.1 Å². The zero-order valence-electron chi connectivity index (χ0n) is 10.5. The minimum atomic E-state index is 0.848. The van der Waals surface area contributed by atoms with Crippen molar-refractivity contribution in [3.63, 3.8) is 0 Å². The average Bonchev–Trinajstić information content (AvgIpc) is 3.03.